The Morgan fingerprint density at radius 2 is 1.57 bits per heavy atom. The van der Waals surface area contributed by atoms with Gasteiger partial charge in [0.25, 0.3) is 0 Å². The number of nitrogens with one attached hydrogen (secondary N) is 1. The van der Waals surface area contributed by atoms with E-state index < -0.39 is 23.7 Å². The van der Waals surface area contributed by atoms with Crippen molar-refractivity contribution in [2.45, 2.75) is 45.6 Å². The first-order valence-corrected chi connectivity index (χ1v) is 9.67. The first kappa shape index (κ1) is 23.2. The highest BCUT2D eigenvalue weighted by molar-refractivity contribution is 5.81. The topological polar surface area (TPSA) is 83.1 Å². The van der Waals surface area contributed by atoms with Crippen LogP contribution in [0.5, 0.6) is 5.75 Å². The Balaban J connectivity index is 1.94. The lowest BCUT2D eigenvalue weighted by atomic mass is 10.2. The zero-order valence-corrected chi connectivity index (χ0v) is 17.8. The Bertz CT molecular complexity index is 799. The minimum Gasteiger partial charge on any atom is -0.497 e. The molecule has 0 fully saturated rings. The lowest BCUT2D eigenvalue weighted by Gasteiger charge is -2.23. The molecule has 0 heterocycles. The van der Waals surface area contributed by atoms with E-state index in [1.54, 1.807) is 27.9 Å². The van der Waals surface area contributed by atoms with Crippen molar-refractivity contribution in [3.63, 3.8) is 0 Å². The SMILES string of the molecule is COc1ccc(COC[C@H](NC(=O)OC(C)(C)C)C(=O)OCc2ccccc2)cc1. The van der Waals surface area contributed by atoms with Gasteiger partial charge in [0, 0.05) is 0 Å². The number of alkyl carbamates (subject to hydrolysis) is 1. The average molecular weight is 415 g/mol. The van der Waals surface area contributed by atoms with Crippen molar-refractivity contribution in [2.24, 2.45) is 0 Å². The molecule has 2 rings (SSSR count). The quantitative estimate of drug-likeness (QED) is 0.627. The van der Waals surface area contributed by atoms with Crippen molar-refractivity contribution >= 4 is 12.1 Å². The second-order valence-corrected chi connectivity index (χ2v) is 7.66. The number of methoxy groups -OCH3 is 1. The minimum atomic E-state index is -0.998. The van der Waals surface area contributed by atoms with Crippen molar-refractivity contribution in [3.05, 3.63) is 65.7 Å². The first-order valence-electron chi connectivity index (χ1n) is 9.67. The number of ether oxygens (including phenoxy) is 4. The van der Waals surface area contributed by atoms with E-state index in [0.717, 1.165) is 16.9 Å². The van der Waals surface area contributed by atoms with Crippen LogP contribution < -0.4 is 10.1 Å². The van der Waals surface area contributed by atoms with Crippen LogP contribution in [0, 0.1) is 0 Å². The van der Waals surface area contributed by atoms with Crippen molar-refractivity contribution in [3.8, 4) is 5.75 Å². The Morgan fingerprint density at radius 1 is 0.933 bits per heavy atom. The maximum atomic E-state index is 12.6. The van der Waals surface area contributed by atoms with E-state index in [9.17, 15) is 9.59 Å². The highest BCUT2D eigenvalue weighted by atomic mass is 16.6. The number of rotatable bonds is 9. The summed E-state index contributed by atoms with van der Waals surface area (Å²) in [6, 6.07) is 15.7. The smallest absolute Gasteiger partial charge is 0.408 e. The van der Waals surface area contributed by atoms with Gasteiger partial charge < -0.3 is 24.3 Å². The summed E-state index contributed by atoms with van der Waals surface area (Å²) in [4.78, 5) is 24.7. The second kappa shape index (κ2) is 11.2. The molecule has 1 amide bonds. The van der Waals surface area contributed by atoms with Crippen molar-refractivity contribution in [2.75, 3.05) is 13.7 Å². The van der Waals surface area contributed by atoms with Gasteiger partial charge in [-0.25, -0.2) is 9.59 Å². The van der Waals surface area contributed by atoms with Crippen molar-refractivity contribution < 1.29 is 28.5 Å². The summed E-state index contributed by atoms with van der Waals surface area (Å²) in [5.74, 6) is 0.146. The maximum absolute atomic E-state index is 12.6. The van der Waals surface area contributed by atoms with Crippen LogP contribution in [0.1, 0.15) is 31.9 Å². The molecule has 7 heteroatoms. The molecule has 1 atom stereocenters. The molecular formula is C23H29NO6. The zero-order chi connectivity index (χ0) is 22.0. The summed E-state index contributed by atoms with van der Waals surface area (Å²) in [5, 5.41) is 2.53. The number of esters is 1. The van der Waals surface area contributed by atoms with Gasteiger partial charge in [-0.2, -0.15) is 0 Å². The molecule has 30 heavy (non-hydrogen) atoms. The molecular weight excluding hydrogens is 386 g/mol. The predicted molar refractivity (Wildman–Crippen MR) is 112 cm³/mol. The second-order valence-electron chi connectivity index (χ2n) is 7.66. The van der Waals surface area contributed by atoms with Crippen molar-refractivity contribution in [1.29, 1.82) is 0 Å². The largest absolute Gasteiger partial charge is 0.497 e. The third-order valence-corrected chi connectivity index (χ3v) is 3.91. The zero-order valence-electron chi connectivity index (χ0n) is 17.8. The molecule has 0 aliphatic rings. The fraction of sp³-hybridized carbons (Fsp3) is 0.391. The molecule has 7 nitrogen and oxygen atoms in total. The van der Waals surface area contributed by atoms with Gasteiger partial charge in [0.15, 0.2) is 6.04 Å². The molecule has 2 aromatic carbocycles. The number of hydrogen-bond acceptors (Lipinski definition) is 6. The summed E-state index contributed by atoms with van der Waals surface area (Å²) < 4.78 is 21.4. The lowest BCUT2D eigenvalue weighted by molar-refractivity contribution is -0.149. The van der Waals surface area contributed by atoms with Gasteiger partial charge in [-0.3, -0.25) is 0 Å². The van der Waals surface area contributed by atoms with Gasteiger partial charge in [-0.05, 0) is 44.0 Å². The number of amides is 1. The minimum absolute atomic E-state index is 0.0567. The number of carbonyl (C=O) groups excluding carboxylic acids is 2. The van der Waals surface area contributed by atoms with Crippen LogP contribution in [-0.4, -0.2) is 37.4 Å². The maximum Gasteiger partial charge on any atom is 0.408 e. The van der Waals surface area contributed by atoms with Gasteiger partial charge >= 0.3 is 12.1 Å². The normalized spacial score (nSPS) is 12.0. The summed E-state index contributed by atoms with van der Waals surface area (Å²) >= 11 is 0. The monoisotopic (exact) mass is 415 g/mol. The summed E-state index contributed by atoms with van der Waals surface area (Å²) in [6.45, 7) is 5.55. The van der Waals surface area contributed by atoms with Gasteiger partial charge in [0.05, 0.1) is 20.3 Å². The van der Waals surface area contributed by atoms with Crippen LogP contribution in [0.25, 0.3) is 0 Å². The van der Waals surface area contributed by atoms with E-state index >= 15 is 0 Å². The molecule has 0 aliphatic carbocycles. The van der Waals surface area contributed by atoms with E-state index in [-0.39, 0.29) is 19.8 Å². The molecule has 162 valence electrons. The summed E-state index contributed by atoms with van der Waals surface area (Å²) in [6.07, 6.45) is -0.711. The number of benzene rings is 2. The van der Waals surface area contributed by atoms with E-state index in [1.807, 2.05) is 54.6 Å². The van der Waals surface area contributed by atoms with E-state index in [2.05, 4.69) is 5.32 Å². The van der Waals surface area contributed by atoms with Crippen LogP contribution in [0.3, 0.4) is 0 Å². The van der Waals surface area contributed by atoms with Gasteiger partial charge in [0.1, 0.15) is 18.0 Å². The molecule has 0 saturated heterocycles. The van der Waals surface area contributed by atoms with Crippen LogP contribution in [-0.2, 0) is 32.2 Å². The molecule has 0 radical (unpaired) electrons. The van der Waals surface area contributed by atoms with Crippen LogP contribution in [0.15, 0.2) is 54.6 Å². The fourth-order valence-electron chi connectivity index (χ4n) is 2.46. The van der Waals surface area contributed by atoms with Gasteiger partial charge in [-0.1, -0.05) is 42.5 Å². The molecule has 1 N–H and O–H groups in total. The summed E-state index contributed by atoms with van der Waals surface area (Å²) in [5.41, 5.74) is 1.07. The average Bonchev–Trinajstić information content (AvgIpc) is 2.71. The van der Waals surface area contributed by atoms with E-state index in [1.165, 1.54) is 0 Å². The third kappa shape index (κ3) is 8.53. The van der Waals surface area contributed by atoms with Crippen LogP contribution in [0.4, 0.5) is 4.79 Å². The molecule has 0 aliphatic heterocycles. The first-order chi connectivity index (χ1) is 14.3. The summed E-state index contributed by atoms with van der Waals surface area (Å²) in [7, 11) is 1.60. The highest BCUT2D eigenvalue weighted by Gasteiger charge is 2.26. The Labute approximate surface area is 177 Å². The van der Waals surface area contributed by atoms with Crippen molar-refractivity contribution in [1.82, 2.24) is 5.32 Å². The molecule has 2 aromatic rings. The van der Waals surface area contributed by atoms with Crippen LogP contribution >= 0.6 is 0 Å². The van der Waals surface area contributed by atoms with Crippen LogP contribution in [0.2, 0.25) is 0 Å². The lowest BCUT2D eigenvalue weighted by Crippen LogP contribution is -2.46. The van der Waals surface area contributed by atoms with Gasteiger partial charge in [-0.15, -0.1) is 0 Å². The molecule has 0 spiro atoms. The molecule has 0 saturated carbocycles. The van der Waals surface area contributed by atoms with E-state index in [4.69, 9.17) is 18.9 Å². The molecule has 0 unspecified atom stereocenters. The molecule has 0 aromatic heterocycles. The van der Waals surface area contributed by atoms with E-state index in [0.29, 0.717) is 0 Å². The number of hydrogen-bond donors (Lipinski definition) is 1. The fourth-order valence-corrected chi connectivity index (χ4v) is 2.46. The highest BCUT2D eigenvalue weighted by Crippen LogP contribution is 2.12. The Hall–Kier alpha value is -3.06. The third-order valence-electron chi connectivity index (χ3n) is 3.91. The Kier molecular flexibility index (Phi) is 8.68. The van der Waals surface area contributed by atoms with Gasteiger partial charge in [0.2, 0.25) is 0 Å². The number of carbonyl (C=O) groups is 2. The standard InChI is InChI=1S/C23H29NO6/c1-23(2,3)30-22(26)24-20(21(25)29-15-17-8-6-5-7-9-17)16-28-14-18-10-12-19(27-4)13-11-18/h5-13,20H,14-16H2,1-4H3,(H,24,26)/t20-/m0/s1. The molecule has 0 bridgehead atoms. The Morgan fingerprint density at radius 3 is 2.17 bits per heavy atom. The predicted octanol–water partition coefficient (Wildman–Crippen LogP) is 3.85.